The van der Waals surface area contributed by atoms with Gasteiger partial charge >= 0.3 is 0 Å². The zero-order valence-electron chi connectivity index (χ0n) is 25.3. The van der Waals surface area contributed by atoms with Gasteiger partial charge in [-0.2, -0.15) is 0 Å². The number of hydrogen-bond acceptors (Lipinski definition) is 5. The fraction of sp³-hybridized carbons (Fsp3) is 0.417. The number of piperidine rings is 2. The summed E-state index contributed by atoms with van der Waals surface area (Å²) in [6.45, 7) is 10.8. The highest BCUT2D eigenvalue weighted by Crippen LogP contribution is 2.42. The average Bonchev–Trinajstić information content (AvgIpc) is 3.05. The van der Waals surface area contributed by atoms with Crippen molar-refractivity contribution in [3.63, 3.8) is 0 Å². The van der Waals surface area contributed by atoms with Crippen molar-refractivity contribution >= 4 is 5.91 Å². The van der Waals surface area contributed by atoms with E-state index < -0.39 is 0 Å². The highest BCUT2D eigenvalue weighted by atomic mass is 16.5. The van der Waals surface area contributed by atoms with Crippen LogP contribution in [-0.4, -0.2) is 62.7 Å². The number of nitrogens with zero attached hydrogens (tertiary/aromatic N) is 2. The first-order valence-corrected chi connectivity index (χ1v) is 15.2. The van der Waals surface area contributed by atoms with Crippen molar-refractivity contribution in [2.45, 2.75) is 44.6 Å². The number of hydrogen-bond donors (Lipinski definition) is 0. The highest BCUT2D eigenvalue weighted by Gasteiger charge is 2.39. The molecular formula is C36H44N2O4. The van der Waals surface area contributed by atoms with E-state index in [2.05, 4.69) is 72.1 Å². The summed E-state index contributed by atoms with van der Waals surface area (Å²) < 4.78 is 16.6. The van der Waals surface area contributed by atoms with Crippen LogP contribution in [0.5, 0.6) is 11.5 Å². The zero-order chi connectivity index (χ0) is 29.5. The summed E-state index contributed by atoms with van der Waals surface area (Å²) in [6.07, 6.45) is 4.12. The fourth-order valence-electron chi connectivity index (χ4n) is 6.71. The Morgan fingerprint density at radius 3 is 2.21 bits per heavy atom. The normalized spacial score (nSPS) is 18.7. The van der Waals surface area contributed by atoms with Crippen LogP contribution in [0.1, 0.15) is 59.7 Å². The Balaban J connectivity index is 1.35. The van der Waals surface area contributed by atoms with Gasteiger partial charge in [0.1, 0.15) is 11.5 Å². The lowest BCUT2D eigenvalue weighted by molar-refractivity contribution is 0.0646. The van der Waals surface area contributed by atoms with Gasteiger partial charge in [0.2, 0.25) is 0 Å². The predicted octanol–water partition coefficient (Wildman–Crippen LogP) is 6.69. The van der Waals surface area contributed by atoms with Gasteiger partial charge in [-0.3, -0.25) is 9.69 Å². The molecule has 0 radical (unpaired) electrons. The number of carbonyl (C=O) groups excluding carboxylic acids is 1. The van der Waals surface area contributed by atoms with Gasteiger partial charge in [-0.1, -0.05) is 43.0 Å². The molecular weight excluding hydrogens is 524 g/mol. The van der Waals surface area contributed by atoms with Crippen molar-refractivity contribution in [2.75, 3.05) is 47.0 Å². The molecule has 5 rings (SSSR count). The van der Waals surface area contributed by atoms with Crippen molar-refractivity contribution in [2.24, 2.45) is 5.92 Å². The number of methoxy groups -OCH3 is 2. The van der Waals surface area contributed by atoms with Crippen molar-refractivity contribution in [3.05, 3.63) is 107 Å². The molecule has 3 aromatic carbocycles. The van der Waals surface area contributed by atoms with Crippen molar-refractivity contribution in [1.29, 1.82) is 0 Å². The van der Waals surface area contributed by atoms with Crippen LogP contribution in [0.4, 0.5) is 0 Å². The maximum atomic E-state index is 13.6. The molecule has 2 saturated heterocycles. The van der Waals surface area contributed by atoms with Crippen molar-refractivity contribution in [1.82, 2.24) is 9.80 Å². The topological polar surface area (TPSA) is 51.2 Å². The van der Waals surface area contributed by atoms with E-state index in [-0.39, 0.29) is 17.2 Å². The van der Waals surface area contributed by atoms with Crippen molar-refractivity contribution in [3.8, 4) is 11.5 Å². The van der Waals surface area contributed by atoms with E-state index in [1.54, 1.807) is 14.2 Å². The molecule has 42 heavy (non-hydrogen) atoms. The lowest BCUT2D eigenvalue weighted by Crippen LogP contribution is -2.46. The van der Waals surface area contributed by atoms with E-state index in [4.69, 9.17) is 14.2 Å². The molecule has 0 aliphatic carbocycles. The Hall–Kier alpha value is -3.77. The molecule has 2 fully saturated rings. The van der Waals surface area contributed by atoms with Crippen LogP contribution in [0.2, 0.25) is 0 Å². The Bertz CT molecular complexity index is 1300. The van der Waals surface area contributed by atoms with E-state index in [9.17, 15) is 4.79 Å². The maximum Gasteiger partial charge on any atom is 0.253 e. The summed E-state index contributed by atoms with van der Waals surface area (Å²) in [7, 11) is 3.41. The largest absolute Gasteiger partial charge is 0.498 e. The lowest BCUT2D eigenvalue weighted by Gasteiger charge is -2.44. The van der Waals surface area contributed by atoms with Gasteiger partial charge in [0.05, 0.1) is 26.6 Å². The molecule has 0 bridgehead atoms. The average molecular weight is 569 g/mol. The molecule has 2 aliphatic heterocycles. The van der Waals surface area contributed by atoms with Gasteiger partial charge in [0.15, 0.2) is 0 Å². The molecule has 0 N–H and O–H groups in total. The molecule has 1 unspecified atom stereocenters. The number of benzene rings is 3. The molecule has 3 aromatic rings. The third-order valence-electron chi connectivity index (χ3n) is 8.93. The Morgan fingerprint density at radius 1 is 0.929 bits per heavy atom. The number of likely N-dealkylation sites (tertiary alicyclic amines) is 2. The third-order valence-corrected chi connectivity index (χ3v) is 8.93. The number of carbonyl (C=O) groups is 1. The standard InChI is InChI=1S/C36H44N2O4/c1-5-42-27(2)30-11-7-22-38(25-30)35(39)29-10-6-9-28(23-29)24-37-21-8-20-36(26-37,31-12-16-33(40-3)17-13-31)32-14-18-34(41-4)19-15-32/h6,9-10,12-19,23,30H,2,5,7-8,11,20-22,24-26H2,1,3-4H3. The molecule has 0 aromatic heterocycles. The minimum Gasteiger partial charge on any atom is -0.498 e. The van der Waals surface area contributed by atoms with Gasteiger partial charge in [-0.15, -0.1) is 0 Å². The monoisotopic (exact) mass is 568 g/mol. The van der Waals surface area contributed by atoms with Crippen LogP contribution in [0.3, 0.4) is 0 Å². The second kappa shape index (κ2) is 13.5. The minimum absolute atomic E-state index is 0.0929. The van der Waals surface area contributed by atoms with E-state index in [0.29, 0.717) is 13.2 Å². The molecule has 222 valence electrons. The zero-order valence-corrected chi connectivity index (χ0v) is 25.3. The van der Waals surface area contributed by atoms with Gasteiger partial charge in [0, 0.05) is 43.1 Å². The summed E-state index contributed by atoms with van der Waals surface area (Å²) in [6, 6.07) is 25.3. The van der Waals surface area contributed by atoms with Crippen LogP contribution < -0.4 is 9.47 Å². The van der Waals surface area contributed by atoms with Gasteiger partial charge in [0.25, 0.3) is 5.91 Å². The van der Waals surface area contributed by atoms with Crippen LogP contribution >= 0.6 is 0 Å². The van der Waals surface area contributed by atoms with Crippen LogP contribution in [0.15, 0.2) is 85.1 Å². The Labute approximate surface area is 250 Å². The van der Waals surface area contributed by atoms with Crippen LogP contribution in [0.25, 0.3) is 0 Å². The number of rotatable bonds is 10. The summed E-state index contributed by atoms with van der Waals surface area (Å²) in [4.78, 5) is 18.1. The summed E-state index contributed by atoms with van der Waals surface area (Å²) >= 11 is 0. The van der Waals surface area contributed by atoms with E-state index in [1.165, 1.54) is 11.1 Å². The molecule has 6 heteroatoms. The first-order chi connectivity index (χ1) is 20.5. The maximum absolute atomic E-state index is 13.6. The SMILES string of the molecule is C=C(OCC)C1CCCN(C(=O)c2cccc(CN3CCCC(c4ccc(OC)cc4)(c4ccc(OC)cc4)C3)c2)C1. The Morgan fingerprint density at radius 2 is 1.60 bits per heavy atom. The van der Waals surface area contributed by atoms with Gasteiger partial charge in [-0.25, -0.2) is 0 Å². The molecule has 1 atom stereocenters. The fourth-order valence-corrected chi connectivity index (χ4v) is 6.71. The second-order valence-corrected chi connectivity index (χ2v) is 11.5. The lowest BCUT2D eigenvalue weighted by atomic mass is 9.69. The molecule has 6 nitrogen and oxygen atoms in total. The molecule has 0 saturated carbocycles. The molecule has 2 aliphatic rings. The van der Waals surface area contributed by atoms with E-state index in [1.807, 2.05) is 24.0 Å². The quantitative estimate of drug-likeness (QED) is 0.255. The van der Waals surface area contributed by atoms with E-state index in [0.717, 1.165) is 80.2 Å². The first-order valence-electron chi connectivity index (χ1n) is 15.2. The second-order valence-electron chi connectivity index (χ2n) is 11.5. The predicted molar refractivity (Wildman–Crippen MR) is 167 cm³/mol. The van der Waals surface area contributed by atoms with Crippen molar-refractivity contribution < 1.29 is 19.0 Å². The molecule has 0 spiro atoms. The summed E-state index contributed by atoms with van der Waals surface area (Å²) in [5.41, 5.74) is 4.33. The number of ether oxygens (including phenoxy) is 3. The summed E-state index contributed by atoms with van der Waals surface area (Å²) in [5, 5.41) is 0. The van der Waals surface area contributed by atoms with Crippen LogP contribution in [0, 0.1) is 5.92 Å². The van der Waals surface area contributed by atoms with E-state index >= 15 is 0 Å². The highest BCUT2D eigenvalue weighted by molar-refractivity contribution is 5.94. The smallest absolute Gasteiger partial charge is 0.253 e. The summed E-state index contributed by atoms with van der Waals surface area (Å²) in [5.74, 6) is 2.81. The molecule has 1 amide bonds. The van der Waals surface area contributed by atoms with Gasteiger partial charge in [-0.05, 0) is 92.2 Å². The first kappa shape index (κ1) is 29.7. The number of amides is 1. The minimum atomic E-state index is -0.157. The molecule has 2 heterocycles. The Kier molecular flexibility index (Phi) is 9.53. The van der Waals surface area contributed by atoms with Gasteiger partial charge < -0.3 is 19.1 Å². The third kappa shape index (κ3) is 6.49. The van der Waals surface area contributed by atoms with Crippen LogP contribution in [-0.2, 0) is 16.7 Å².